The Bertz CT molecular complexity index is 1270. The number of methoxy groups -OCH3 is 3. The zero-order chi connectivity index (χ0) is 28.3. The molecule has 0 amide bonds. The minimum Gasteiger partial charge on any atom is -0.497 e. The molecule has 12 heteroatoms. The summed E-state index contributed by atoms with van der Waals surface area (Å²) < 4.78 is 30.0. The van der Waals surface area contributed by atoms with Crippen LogP contribution in [0.4, 0.5) is 0 Å². The summed E-state index contributed by atoms with van der Waals surface area (Å²) in [5, 5.41) is 0. The van der Waals surface area contributed by atoms with Gasteiger partial charge in [-0.15, -0.1) is 0 Å². The highest BCUT2D eigenvalue weighted by atomic mass is 16.6. The highest BCUT2D eigenvalue weighted by Gasteiger charge is 2.25. The zero-order valence-electron chi connectivity index (χ0n) is 20.6. The molecule has 0 unspecified atom stereocenters. The number of rotatable bonds is 3. The van der Waals surface area contributed by atoms with Crippen LogP contribution in [0, 0.1) is 0 Å². The largest absolute Gasteiger partial charge is 0.497 e. The van der Waals surface area contributed by atoms with Gasteiger partial charge in [-0.3, -0.25) is 0 Å². The Kier molecular flexibility index (Phi) is 7.38. The Morgan fingerprint density at radius 2 is 0.538 bits per heavy atom. The molecule has 198 valence electrons. The van der Waals surface area contributed by atoms with Crippen molar-refractivity contribution in [1.29, 1.82) is 0 Å². The molecule has 6 bridgehead atoms. The molecular weight excluding hydrogens is 516 g/mol. The standard InChI is InChI=1S/C27H18O12/c1-34-19-7-13-4-14(8-19)23(29)38-25(31)16-6-18(12-21(10-16)36-3)27(33)39-26(32)17-5-15(9-20(11-17)35-2)24(30)37-22(13)28/h4-12H,1-3H3. The fourth-order valence-corrected chi connectivity index (χ4v) is 3.46. The van der Waals surface area contributed by atoms with Gasteiger partial charge >= 0.3 is 35.8 Å². The second-order valence-corrected chi connectivity index (χ2v) is 7.88. The SMILES string of the molecule is COc1cc2cc(c1)C(=O)OC(=O)c1cc(OC)cc(c1)C(=O)OC(=O)c1cc(OC)cc(c1)C(=O)OC2=O. The summed E-state index contributed by atoms with van der Waals surface area (Å²) in [5.41, 5.74) is -1.67. The molecule has 3 aromatic carbocycles. The van der Waals surface area contributed by atoms with Gasteiger partial charge in [0.25, 0.3) is 0 Å². The Morgan fingerprint density at radius 1 is 0.359 bits per heavy atom. The maximum Gasteiger partial charge on any atom is 0.346 e. The molecule has 0 radical (unpaired) electrons. The van der Waals surface area contributed by atoms with Crippen LogP contribution in [0.1, 0.15) is 62.1 Å². The van der Waals surface area contributed by atoms with Gasteiger partial charge in [0.05, 0.1) is 54.7 Å². The van der Waals surface area contributed by atoms with Crippen molar-refractivity contribution in [2.75, 3.05) is 21.3 Å². The zero-order valence-corrected chi connectivity index (χ0v) is 20.6. The Morgan fingerprint density at radius 3 is 0.692 bits per heavy atom. The van der Waals surface area contributed by atoms with E-state index in [4.69, 9.17) is 28.4 Å². The number of cyclic esters (lactones) is 6. The van der Waals surface area contributed by atoms with E-state index in [9.17, 15) is 28.8 Å². The van der Waals surface area contributed by atoms with Crippen molar-refractivity contribution in [1.82, 2.24) is 0 Å². The van der Waals surface area contributed by atoms with Crippen molar-refractivity contribution in [3.8, 4) is 17.2 Å². The van der Waals surface area contributed by atoms with E-state index in [0.29, 0.717) is 0 Å². The van der Waals surface area contributed by atoms with E-state index in [1.807, 2.05) is 0 Å². The molecular formula is C27H18O12. The van der Waals surface area contributed by atoms with Crippen molar-refractivity contribution < 1.29 is 57.2 Å². The quantitative estimate of drug-likeness (QED) is 0.275. The van der Waals surface area contributed by atoms with Crippen molar-refractivity contribution in [2.45, 2.75) is 0 Å². The predicted molar refractivity (Wildman–Crippen MR) is 128 cm³/mol. The predicted octanol–water partition coefficient (Wildman–Crippen LogP) is 3.02. The summed E-state index contributed by atoms with van der Waals surface area (Å²) >= 11 is 0. The average Bonchev–Trinajstić information content (AvgIpc) is 2.95. The van der Waals surface area contributed by atoms with Gasteiger partial charge in [-0.2, -0.15) is 0 Å². The van der Waals surface area contributed by atoms with Gasteiger partial charge in [-0.05, 0) is 54.6 Å². The van der Waals surface area contributed by atoms with Gasteiger partial charge in [-0.25, -0.2) is 28.8 Å². The molecule has 0 aliphatic carbocycles. The lowest BCUT2D eigenvalue weighted by molar-refractivity contribution is 0.0386. The molecule has 4 rings (SSSR count). The number of fused-ring (bicyclic) bond motifs is 6. The van der Waals surface area contributed by atoms with Crippen LogP contribution < -0.4 is 14.2 Å². The number of benzene rings is 3. The molecule has 39 heavy (non-hydrogen) atoms. The minimum absolute atomic E-state index is 0.0198. The molecule has 0 saturated carbocycles. The topological polar surface area (TPSA) is 158 Å². The fourth-order valence-electron chi connectivity index (χ4n) is 3.46. The Labute approximate surface area is 219 Å². The van der Waals surface area contributed by atoms with Gasteiger partial charge < -0.3 is 28.4 Å². The van der Waals surface area contributed by atoms with E-state index in [1.54, 1.807) is 0 Å². The Hall–Kier alpha value is -5.52. The van der Waals surface area contributed by atoms with Gasteiger partial charge in [0.15, 0.2) is 0 Å². The first kappa shape index (κ1) is 26.5. The van der Waals surface area contributed by atoms with Crippen molar-refractivity contribution >= 4 is 35.8 Å². The first-order valence-corrected chi connectivity index (χ1v) is 11.0. The summed E-state index contributed by atoms with van der Waals surface area (Å²) in [6.07, 6.45) is 0. The van der Waals surface area contributed by atoms with Crippen molar-refractivity contribution in [3.05, 3.63) is 88.0 Å². The van der Waals surface area contributed by atoms with Crippen LogP contribution in [0.2, 0.25) is 0 Å². The van der Waals surface area contributed by atoms with Gasteiger partial charge in [-0.1, -0.05) is 0 Å². The lowest BCUT2D eigenvalue weighted by Crippen LogP contribution is -2.18. The first-order valence-electron chi connectivity index (χ1n) is 11.0. The molecule has 0 aromatic heterocycles. The van der Waals surface area contributed by atoms with Crippen LogP contribution in [-0.4, -0.2) is 57.1 Å². The van der Waals surface area contributed by atoms with Gasteiger partial charge in [0, 0.05) is 0 Å². The minimum atomic E-state index is -1.18. The molecule has 1 aliphatic rings. The molecule has 0 N–H and O–H groups in total. The molecule has 0 spiro atoms. The summed E-state index contributed by atoms with van der Waals surface area (Å²) in [5.74, 6) is -7.02. The molecule has 1 heterocycles. The van der Waals surface area contributed by atoms with E-state index >= 15 is 0 Å². The summed E-state index contributed by atoms with van der Waals surface area (Å²) in [6, 6.07) is 10.3. The molecule has 12 nitrogen and oxygen atoms in total. The number of carbonyl (C=O) groups excluding carboxylic acids is 6. The van der Waals surface area contributed by atoms with Crippen LogP contribution in [0.3, 0.4) is 0 Å². The fraction of sp³-hybridized carbons (Fsp3) is 0.111. The molecule has 1 aliphatic heterocycles. The number of esters is 6. The monoisotopic (exact) mass is 534 g/mol. The van der Waals surface area contributed by atoms with Gasteiger partial charge in [0.2, 0.25) is 0 Å². The summed E-state index contributed by atoms with van der Waals surface area (Å²) in [4.78, 5) is 76.6. The van der Waals surface area contributed by atoms with Crippen molar-refractivity contribution in [2.24, 2.45) is 0 Å². The molecule has 0 saturated heterocycles. The summed E-state index contributed by atoms with van der Waals surface area (Å²) in [6.45, 7) is 0. The normalized spacial score (nSPS) is 13.9. The first-order chi connectivity index (χ1) is 18.6. The lowest BCUT2D eigenvalue weighted by Gasteiger charge is -2.12. The average molecular weight is 534 g/mol. The van der Waals surface area contributed by atoms with E-state index in [0.717, 1.165) is 18.2 Å². The number of hydrogen-bond donors (Lipinski definition) is 0. The van der Waals surface area contributed by atoms with Crippen LogP contribution in [0.5, 0.6) is 17.2 Å². The van der Waals surface area contributed by atoms with E-state index in [2.05, 4.69) is 0 Å². The van der Waals surface area contributed by atoms with Crippen molar-refractivity contribution in [3.63, 3.8) is 0 Å². The molecule has 0 fully saturated rings. The highest BCUT2D eigenvalue weighted by Crippen LogP contribution is 2.24. The highest BCUT2D eigenvalue weighted by molar-refractivity contribution is 6.09. The third-order valence-electron chi connectivity index (χ3n) is 5.40. The third kappa shape index (κ3) is 5.74. The van der Waals surface area contributed by atoms with Crippen LogP contribution in [-0.2, 0) is 14.2 Å². The van der Waals surface area contributed by atoms with Crippen LogP contribution in [0.15, 0.2) is 54.6 Å². The smallest absolute Gasteiger partial charge is 0.346 e. The van der Waals surface area contributed by atoms with Crippen LogP contribution >= 0.6 is 0 Å². The van der Waals surface area contributed by atoms with Crippen LogP contribution in [0.25, 0.3) is 0 Å². The third-order valence-corrected chi connectivity index (χ3v) is 5.40. The Balaban J connectivity index is 1.87. The second kappa shape index (κ2) is 10.8. The van der Waals surface area contributed by atoms with Gasteiger partial charge in [0.1, 0.15) is 17.2 Å². The van der Waals surface area contributed by atoms with E-state index in [1.165, 1.54) is 57.7 Å². The number of hydrogen-bond acceptors (Lipinski definition) is 12. The molecule has 3 aromatic rings. The summed E-state index contributed by atoms with van der Waals surface area (Å²) in [7, 11) is 3.79. The van der Waals surface area contributed by atoms with E-state index in [-0.39, 0.29) is 50.6 Å². The number of carbonyl (C=O) groups is 6. The van der Waals surface area contributed by atoms with E-state index < -0.39 is 35.8 Å². The number of ether oxygens (including phenoxy) is 6. The maximum absolute atomic E-state index is 12.8. The second-order valence-electron chi connectivity index (χ2n) is 7.88. The molecule has 0 atom stereocenters. The maximum atomic E-state index is 12.8. The lowest BCUT2D eigenvalue weighted by atomic mass is 10.1.